The Morgan fingerprint density at radius 2 is 2.16 bits per heavy atom. The molecule has 102 valence electrons. The van der Waals surface area contributed by atoms with E-state index in [1.807, 2.05) is 25.1 Å². The molecule has 0 fully saturated rings. The molecule has 0 saturated carbocycles. The summed E-state index contributed by atoms with van der Waals surface area (Å²) in [6.45, 7) is 6.62. The lowest BCUT2D eigenvalue weighted by Crippen LogP contribution is -2.52. The van der Waals surface area contributed by atoms with Gasteiger partial charge in [0.15, 0.2) is 0 Å². The predicted octanol–water partition coefficient (Wildman–Crippen LogP) is 3.59. The van der Waals surface area contributed by atoms with Crippen LogP contribution >= 0.6 is 0 Å². The highest BCUT2D eigenvalue weighted by molar-refractivity contribution is 5.16. The van der Waals surface area contributed by atoms with Crippen LogP contribution in [0.4, 0.5) is 0 Å². The van der Waals surface area contributed by atoms with Crippen molar-refractivity contribution in [3.8, 4) is 0 Å². The summed E-state index contributed by atoms with van der Waals surface area (Å²) in [7, 11) is 0. The topological polar surface area (TPSA) is 35.2 Å². The summed E-state index contributed by atoms with van der Waals surface area (Å²) in [5, 5.41) is 0. The van der Waals surface area contributed by atoms with Gasteiger partial charge in [-0.15, -0.1) is 6.58 Å². The monoisotopic (exact) mass is 257 g/mol. The minimum Gasteiger partial charge on any atom is -0.368 e. The number of nitrogens with two attached hydrogens (primary N) is 1. The van der Waals surface area contributed by atoms with Crippen LogP contribution in [0.2, 0.25) is 0 Å². The number of rotatable bonds is 5. The molecule has 2 N–H and O–H groups in total. The Hall–Kier alpha value is -1.38. The third-order valence-electron chi connectivity index (χ3n) is 3.56. The fourth-order valence-electron chi connectivity index (χ4n) is 2.64. The van der Waals surface area contributed by atoms with E-state index in [9.17, 15) is 0 Å². The first-order chi connectivity index (χ1) is 9.10. The maximum atomic E-state index is 6.53. The van der Waals surface area contributed by atoms with Crippen molar-refractivity contribution in [2.75, 3.05) is 0 Å². The zero-order chi connectivity index (χ0) is 13.7. The van der Waals surface area contributed by atoms with Gasteiger partial charge in [0.05, 0.1) is 12.7 Å². The van der Waals surface area contributed by atoms with E-state index in [0.717, 1.165) is 24.8 Å². The fourth-order valence-corrected chi connectivity index (χ4v) is 2.64. The molecule has 1 aromatic rings. The standard InChI is InChI=1S/C17H23NO/c1-14(2)12-17(18)11-7-6-10-16(17)19-13-15-8-4-3-5-9-15/h3-6,8-10,16H,1,7,11-13,18H2,2H3/t16-,17+/m0/s1. The molecule has 0 bridgehead atoms. The molecule has 1 aliphatic carbocycles. The summed E-state index contributed by atoms with van der Waals surface area (Å²) in [5.74, 6) is 0. The minimum atomic E-state index is -0.310. The van der Waals surface area contributed by atoms with Crippen LogP contribution < -0.4 is 5.73 Å². The van der Waals surface area contributed by atoms with E-state index >= 15 is 0 Å². The Morgan fingerprint density at radius 3 is 2.84 bits per heavy atom. The van der Waals surface area contributed by atoms with Crippen LogP contribution in [-0.2, 0) is 11.3 Å². The average Bonchev–Trinajstić information content (AvgIpc) is 2.38. The van der Waals surface area contributed by atoms with Gasteiger partial charge in [0.2, 0.25) is 0 Å². The Kier molecular flexibility index (Phi) is 4.56. The first kappa shape index (κ1) is 14.0. The molecule has 2 heteroatoms. The molecule has 1 aromatic carbocycles. The lowest BCUT2D eigenvalue weighted by atomic mass is 9.79. The van der Waals surface area contributed by atoms with Crippen molar-refractivity contribution in [3.63, 3.8) is 0 Å². The highest BCUT2D eigenvalue weighted by atomic mass is 16.5. The van der Waals surface area contributed by atoms with Crippen molar-refractivity contribution in [2.45, 2.75) is 44.4 Å². The Bertz CT molecular complexity index is 452. The number of benzene rings is 1. The number of allylic oxidation sites excluding steroid dienone is 1. The van der Waals surface area contributed by atoms with Gasteiger partial charge in [-0.1, -0.05) is 48.1 Å². The van der Waals surface area contributed by atoms with Gasteiger partial charge < -0.3 is 10.5 Å². The molecule has 0 spiro atoms. The van der Waals surface area contributed by atoms with Gasteiger partial charge in [0.25, 0.3) is 0 Å². The van der Waals surface area contributed by atoms with Crippen molar-refractivity contribution in [1.29, 1.82) is 0 Å². The van der Waals surface area contributed by atoms with E-state index in [0.29, 0.717) is 6.61 Å². The third kappa shape index (κ3) is 3.79. The van der Waals surface area contributed by atoms with Crippen molar-refractivity contribution in [2.24, 2.45) is 5.73 Å². The highest BCUT2D eigenvalue weighted by Gasteiger charge is 2.35. The van der Waals surface area contributed by atoms with Gasteiger partial charge in [-0.05, 0) is 31.7 Å². The van der Waals surface area contributed by atoms with Crippen LogP contribution in [0.3, 0.4) is 0 Å². The van der Waals surface area contributed by atoms with E-state index in [-0.39, 0.29) is 11.6 Å². The maximum Gasteiger partial charge on any atom is 0.0943 e. The molecule has 0 aromatic heterocycles. The van der Waals surface area contributed by atoms with Gasteiger partial charge in [-0.2, -0.15) is 0 Å². The quantitative estimate of drug-likeness (QED) is 0.818. The fraction of sp³-hybridized carbons (Fsp3) is 0.412. The lowest BCUT2D eigenvalue weighted by Gasteiger charge is -2.38. The molecule has 0 heterocycles. The summed E-state index contributed by atoms with van der Waals surface area (Å²) in [6, 6.07) is 10.2. The van der Waals surface area contributed by atoms with E-state index in [2.05, 4.69) is 30.9 Å². The summed E-state index contributed by atoms with van der Waals surface area (Å²) >= 11 is 0. The highest BCUT2D eigenvalue weighted by Crippen LogP contribution is 2.30. The van der Waals surface area contributed by atoms with E-state index < -0.39 is 0 Å². The zero-order valence-electron chi connectivity index (χ0n) is 11.6. The molecule has 2 nitrogen and oxygen atoms in total. The zero-order valence-corrected chi connectivity index (χ0v) is 11.6. The Morgan fingerprint density at radius 1 is 1.42 bits per heavy atom. The largest absolute Gasteiger partial charge is 0.368 e. The van der Waals surface area contributed by atoms with E-state index in [1.165, 1.54) is 5.56 Å². The van der Waals surface area contributed by atoms with Gasteiger partial charge in [-0.25, -0.2) is 0 Å². The van der Waals surface area contributed by atoms with Crippen molar-refractivity contribution < 1.29 is 4.74 Å². The van der Waals surface area contributed by atoms with Crippen LogP contribution in [0.15, 0.2) is 54.6 Å². The molecule has 0 amide bonds. The van der Waals surface area contributed by atoms with Gasteiger partial charge in [-0.3, -0.25) is 0 Å². The summed E-state index contributed by atoms with van der Waals surface area (Å²) in [6.07, 6.45) is 7.04. The molecule has 1 aliphatic rings. The van der Waals surface area contributed by atoms with E-state index in [1.54, 1.807) is 0 Å². The van der Waals surface area contributed by atoms with Gasteiger partial charge >= 0.3 is 0 Å². The average molecular weight is 257 g/mol. The second-order valence-corrected chi connectivity index (χ2v) is 5.55. The summed E-state index contributed by atoms with van der Waals surface area (Å²) in [5.41, 5.74) is 8.52. The molecule has 2 atom stereocenters. The molecule has 0 saturated heterocycles. The predicted molar refractivity (Wildman–Crippen MR) is 79.7 cm³/mol. The number of hydrogen-bond acceptors (Lipinski definition) is 2. The first-order valence-electron chi connectivity index (χ1n) is 6.86. The SMILES string of the molecule is C=C(C)C[C@]1(N)CCC=C[C@@H]1OCc1ccccc1. The van der Waals surface area contributed by atoms with Crippen molar-refractivity contribution >= 4 is 0 Å². The molecular formula is C17H23NO. The molecular weight excluding hydrogens is 234 g/mol. The van der Waals surface area contributed by atoms with E-state index in [4.69, 9.17) is 10.5 Å². The smallest absolute Gasteiger partial charge is 0.0943 e. The Labute approximate surface area is 116 Å². The second-order valence-electron chi connectivity index (χ2n) is 5.55. The molecule has 19 heavy (non-hydrogen) atoms. The van der Waals surface area contributed by atoms with Crippen LogP contribution in [0, 0.1) is 0 Å². The number of ether oxygens (including phenoxy) is 1. The Balaban J connectivity index is 2.02. The van der Waals surface area contributed by atoms with Crippen LogP contribution in [0.25, 0.3) is 0 Å². The summed E-state index contributed by atoms with van der Waals surface area (Å²) in [4.78, 5) is 0. The second kappa shape index (κ2) is 6.18. The van der Waals surface area contributed by atoms with Crippen LogP contribution in [-0.4, -0.2) is 11.6 Å². The lowest BCUT2D eigenvalue weighted by molar-refractivity contribution is 0.0120. The van der Waals surface area contributed by atoms with Crippen molar-refractivity contribution in [3.05, 3.63) is 60.2 Å². The normalized spacial score (nSPS) is 26.3. The third-order valence-corrected chi connectivity index (χ3v) is 3.56. The van der Waals surface area contributed by atoms with Crippen LogP contribution in [0.5, 0.6) is 0 Å². The molecule has 0 radical (unpaired) electrons. The van der Waals surface area contributed by atoms with Gasteiger partial charge in [0, 0.05) is 5.54 Å². The van der Waals surface area contributed by atoms with Gasteiger partial charge in [0.1, 0.15) is 0 Å². The van der Waals surface area contributed by atoms with Crippen molar-refractivity contribution in [1.82, 2.24) is 0 Å². The first-order valence-corrected chi connectivity index (χ1v) is 6.86. The molecule has 0 unspecified atom stereocenters. The maximum absolute atomic E-state index is 6.53. The molecule has 0 aliphatic heterocycles. The van der Waals surface area contributed by atoms with Crippen LogP contribution in [0.1, 0.15) is 31.7 Å². The number of hydrogen-bond donors (Lipinski definition) is 1. The summed E-state index contributed by atoms with van der Waals surface area (Å²) < 4.78 is 6.03. The molecule has 2 rings (SSSR count). The minimum absolute atomic E-state index is 0.0295.